The SMILES string of the molecule is CCOc1ccccc1C(CN)N1CCN(C)C(C)(C)C1. The molecule has 1 aromatic rings. The molecule has 2 rings (SSSR count). The maximum atomic E-state index is 6.11. The molecule has 1 saturated heterocycles. The second-order valence-corrected chi connectivity index (χ2v) is 6.43. The van der Waals surface area contributed by atoms with E-state index in [0.29, 0.717) is 13.2 Å². The predicted octanol–water partition coefficient (Wildman–Crippen LogP) is 2.11. The lowest BCUT2D eigenvalue weighted by atomic mass is 9.95. The van der Waals surface area contributed by atoms with Crippen LogP contribution in [0.1, 0.15) is 32.4 Å². The van der Waals surface area contributed by atoms with Crippen LogP contribution in [0.4, 0.5) is 0 Å². The van der Waals surface area contributed by atoms with Crippen LogP contribution in [0, 0.1) is 0 Å². The van der Waals surface area contributed by atoms with Gasteiger partial charge in [0, 0.05) is 37.3 Å². The number of para-hydroxylation sites is 1. The molecule has 1 atom stereocenters. The van der Waals surface area contributed by atoms with Gasteiger partial charge in [0.2, 0.25) is 0 Å². The lowest BCUT2D eigenvalue weighted by Crippen LogP contribution is -2.58. The number of piperazine rings is 1. The topological polar surface area (TPSA) is 41.7 Å². The lowest BCUT2D eigenvalue weighted by Gasteiger charge is -2.48. The van der Waals surface area contributed by atoms with Gasteiger partial charge >= 0.3 is 0 Å². The van der Waals surface area contributed by atoms with Crippen LogP contribution in [-0.2, 0) is 0 Å². The maximum Gasteiger partial charge on any atom is 0.124 e. The van der Waals surface area contributed by atoms with Crippen molar-refractivity contribution in [1.82, 2.24) is 9.80 Å². The van der Waals surface area contributed by atoms with Crippen molar-refractivity contribution < 1.29 is 4.74 Å². The van der Waals surface area contributed by atoms with Crippen molar-refractivity contribution in [1.29, 1.82) is 0 Å². The Bertz CT molecular complexity index is 461. The van der Waals surface area contributed by atoms with Gasteiger partial charge in [-0.15, -0.1) is 0 Å². The smallest absolute Gasteiger partial charge is 0.124 e. The van der Waals surface area contributed by atoms with Gasteiger partial charge in [-0.05, 0) is 33.9 Å². The molecule has 1 fully saturated rings. The molecule has 1 heterocycles. The number of benzene rings is 1. The number of hydrogen-bond acceptors (Lipinski definition) is 4. The minimum Gasteiger partial charge on any atom is -0.494 e. The normalized spacial score (nSPS) is 21.2. The number of likely N-dealkylation sites (N-methyl/N-ethyl adjacent to an activating group) is 1. The summed E-state index contributed by atoms with van der Waals surface area (Å²) in [7, 11) is 2.20. The molecule has 1 unspecified atom stereocenters. The Morgan fingerprint density at radius 1 is 1.29 bits per heavy atom. The second-order valence-electron chi connectivity index (χ2n) is 6.43. The highest BCUT2D eigenvalue weighted by Gasteiger charge is 2.34. The van der Waals surface area contributed by atoms with Crippen molar-refractivity contribution in [2.45, 2.75) is 32.4 Å². The molecule has 0 saturated carbocycles. The minimum atomic E-state index is 0.173. The van der Waals surface area contributed by atoms with Gasteiger partial charge in [-0.25, -0.2) is 0 Å². The van der Waals surface area contributed by atoms with Crippen molar-refractivity contribution in [2.24, 2.45) is 5.73 Å². The van der Waals surface area contributed by atoms with Crippen LogP contribution in [0.15, 0.2) is 24.3 Å². The number of rotatable bonds is 5. The standard InChI is InChI=1S/C17H29N3O/c1-5-21-16-9-7-6-8-14(16)15(12-18)20-11-10-19(4)17(2,3)13-20/h6-9,15H,5,10-13,18H2,1-4H3. The zero-order valence-electron chi connectivity index (χ0n) is 13.8. The third-order valence-corrected chi connectivity index (χ3v) is 4.59. The van der Waals surface area contributed by atoms with E-state index in [1.165, 1.54) is 5.56 Å². The van der Waals surface area contributed by atoms with Crippen molar-refractivity contribution in [3.63, 3.8) is 0 Å². The third kappa shape index (κ3) is 3.57. The van der Waals surface area contributed by atoms with E-state index in [-0.39, 0.29) is 11.6 Å². The van der Waals surface area contributed by atoms with Crippen molar-refractivity contribution >= 4 is 0 Å². The molecule has 4 heteroatoms. The average Bonchev–Trinajstić information content (AvgIpc) is 2.45. The van der Waals surface area contributed by atoms with E-state index in [2.05, 4.69) is 42.8 Å². The zero-order chi connectivity index (χ0) is 15.5. The van der Waals surface area contributed by atoms with Crippen LogP contribution in [0.25, 0.3) is 0 Å². The van der Waals surface area contributed by atoms with E-state index in [4.69, 9.17) is 10.5 Å². The highest BCUT2D eigenvalue weighted by Crippen LogP contribution is 2.32. The number of ether oxygens (including phenoxy) is 1. The summed E-state index contributed by atoms with van der Waals surface area (Å²) < 4.78 is 5.79. The fourth-order valence-electron chi connectivity index (χ4n) is 3.06. The van der Waals surface area contributed by atoms with Crippen LogP contribution in [0.3, 0.4) is 0 Å². The largest absolute Gasteiger partial charge is 0.494 e. The van der Waals surface area contributed by atoms with Gasteiger partial charge in [-0.1, -0.05) is 18.2 Å². The summed E-state index contributed by atoms with van der Waals surface area (Å²) in [5.41, 5.74) is 7.50. The van der Waals surface area contributed by atoms with Crippen molar-refractivity contribution in [3.8, 4) is 5.75 Å². The maximum absolute atomic E-state index is 6.11. The van der Waals surface area contributed by atoms with E-state index >= 15 is 0 Å². The zero-order valence-corrected chi connectivity index (χ0v) is 13.8. The quantitative estimate of drug-likeness (QED) is 0.902. The van der Waals surface area contributed by atoms with E-state index < -0.39 is 0 Å². The molecule has 0 spiro atoms. The minimum absolute atomic E-state index is 0.173. The highest BCUT2D eigenvalue weighted by atomic mass is 16.5. The number of hydrogen-bond donors (Lipinski definition) is 1. The Labute approximate surface area is 128 Å². The summed E-state index contributed by atoms with van der Waals surface area (Å²) in [5, 5.41) is 0. The van der Waals surface area contributed by atoms with Gasteiger partial charge in [0.05, 0.1) is 12.6 Å². The second kappa shape index (κ2) is 6.77. The van der Waals surface area contributed by atoms with Crippen LogP contribution < -0.4 is 10.5 Å². The molecule has 2 N–H and O–H groups in total. The van der Waals surface area contributed by atoms with Gasteiger partial charge in [0.25, 0.3) is 0 Å². The molecule has 0 amide bonds. The van der Waals surface area contributed by atoms with Crippen LogP contribution in [0.5, 0.6) is 5.75 Å². The first-order valence-electron chi connectivity index (χ1n) is 7.86. The Kier molecular flexibility index (Phi) is 5.25. The fraction of sp³-hybridized carbons (Fsp3) is 0.647. The predicted molar refractivity (Wildman–Crippen MR) is 87.7 cm³/mol. The van der Waals surface area contributed by atoms with Gasteiger partial charge in [-0.3, -0.25) is 9.80 Å². The number of nitrogens with two attached hydrogens (primary N) is 1. The average molecular weight is 291 g/mol. The summed E-state index contributed by atoms with van der Waals surface area (Å²) in [4.78, 5) is 4.92. The fourth-order valence-corrected chi connectivity index (χ4v) is 3.06. The van der Waals surface area contributed by atoms with Crippen LogP contribution in [-0.4, -0.2) is 55.2 Å². The van der Waals surface area contributed by atoms with Crippen LogP contribution in [0.2, 0.25) is 0 Å². The first kappa shape index (κ1) is 16.3. The molecule has 4 nitrogen and oxygen atoms in total. The molecule has 0 aromatic heterocycles. The summed E-state index contributed by atoms with van der Waals surface area (Å²) in [6.45, 7) is 11.0. The summed E-state index contributed by atoms with van der Waals surface area (Å²) in [6, 6.07) is 8.51. The van der Waals surface area contributed by atoms with E-state index in [9.17, 15) is 0 Å². The highest BCUT2D eigenvalue weighted by molar-refractivity contribution is 5.36. The molecule has 1 aliphatic heterocycles. The monoisotopic (exact) mass is 291 g/mol. The molecule has 0 aliphatic carbocycles. The molecule has 1 aliphatic rings. The first-order valence-corrected chi connectivity index (χ1v) is 7.86. The van der Waals surface area contributed by atoms with Crippen molar-refractivity contribution in [2.75, 3.05) is 39.8 Å². The molecule has 118 valence electrons. The third-order valence-electron chi connectivity index (χ3n) is 4.59. The molecule has 21 heavy (non-hydrogen) atoms. The molecular formula is C17H29N3O. The summed E-state index contributed by atoms with van der Waals surface area (Å²) in [6.07, 6.45) is 0. The van der Waals surface area contributed by atoms with Crippen molar-refractivity contribution in [3.05, 3.63) is 29.8 Å². The van der Waals surface area contributed by atoms with Gasteiger partial charge in [0.1, 0.15) is 5.75 Å². The van der Waals surface area contributed by atoms with Gasteiger partial charge in [0.15, 0.2) is 0 Å². The molecular weight excluding hydrogens is 262 g/mol. The lowest BCUT2D eigenvalue weighted by molar-refractivity contribution is 0.0174. The Hall–Kier alpha value is -1.10. The molecule has 0 radical (unpaired) electrons. The molecule has 0 bridgehead atoms. The van der Waals surface area contributed by atoms with E-state index in [1.54, 1.807) is 0 Å². The Morgan fingerprint density at radius 2 is 2.00 bits per heavy atom. The first-order chi connectivity index (χ1) is 9.99. The van der Waals surface area contributed by atoms with Crippen LogP contribution >= 0.6 is 0 Å². The van der Waals surface area contributed by atoms with E-state index in [0.717, 1.165) is 25.4 Å². The Morgan fingerprint density at radius 3 is 2.62 bits per heavy atom. The summed E-state index contributed by atoms with van der Waals surface area (Å²) in [5.74, 6) is 0.965. The van der Waals surface area contributed by atoms with Gasteiger partial charge in [-0.2, -0.15) is 0 Å². The number of nitrogens with zero attached hydrogens (tertiary/aromatic N) is 2. The Balaban J connectivity index is 2.24. The van der Waals surface area contributed by atoms with E-state index in [1.807, 2.05) is 19.1 Å². The van der Waals surface area contributed by atoms with Gasteiger partial charge < -0.3 is 10.5 Å². The summed E-state index contributed by atoms with van der Waals surface area (Å²) >= 11 is 0. The molecule has 1 aromatic carbocycles.